The Labute approximate surface area is 185 Å². The second-order valence-corrected chi connectivity index (χ2v) is 9.70. The molecule has 0 amide bonds. The number of alkyl halides is 3. The normalized spacial score (nSPS) is 21.5. The molecule has 1 fully saturated rings. The van der Waals surface area contributed by atoms with E-state index in [2.05, 4.69) is 14.9 Å². The maximum atomic E-state index is 12.8. The van der Waals surface area contributed by atoms with Crippen molar-refractivity contribution in [2.75, 3.05) is 12.8 Å². The largest absolute Gasteiger partial charge is 0.495 e. The maximum Gasteiger partial charge on any atom is 0.417 e. The number of nitrogens with zero attached hydrogens (tertiary/aromatic N) is 1. The van der Waals surface area contributed by atoms with E-state index >= 15 is 0 Å². The van der Waals surface area contributed by atoms with Gasteiger partial charge < -0.3 is 15.6 Å². The van der Waals surface area contributed by atoms with Crippen molar-refractivity contribution in [3.05, 3.63) is 35.4 Å². The van der Waals surface area contributed by atoms with Crippen LogP contribution in [0.2, 0.25) is 5.02 Å². The molecule has 1 aliphatic carbocycles. The number of aromatic nitrogens is 2. The van der Waals surface area contributed by atoms with Crippen molar-refractivity contribution >= 4 is 38.3 Å². The highest BCUT2D eigenvalue weighted by atomic mass is 35.5. The molecule has 0 saturated heterocycles. The van der Waals surface area contributed by atoms with Crippen molar-refractivity contribution in [1.82, 2.24) is 14.9 Å². The Balaban J connectivity index is 1.62. The van der Waals surface area contributed by atoms with E-state index in [4.69, 9.17) is 22.1 Å². The average molecular weight is 491 g/mol. The molecule has 172 valence electrons. The Bertz CT molecular complexity index is 1300. The van der Waals surface area contributed by atoms with Crippen LogP contribution in [0, 0.1) is 0 Å². The van der Waals surface area contributed by atoms with E-state index in [0.29, 0.717) is 27.8 Å². The molecule has 1 heterocycles. The fraction of sp³-hybridized carbons (Fsp3) is 0.316. The predicted molar refractivity (Wildman–Crippen MR) is 112 cm³/mol. The maximum absolute atomic E-state index is 12.8. The first-order chi connectivity index (χ1) is 14.9. The van der Waals surface area contributed by atoms with Crippen LogP contribution >= 0.6 is 11.6 Å². The first-order valence-electron chi connectivity index (χ1n) is 9.28. The molecular weight excluding hydrogens is 473 g/mol. The third kappa shape index (κ3) is 3.66. The summed E-state index contributed by atoms with van der Waals surface area (Å²) < 4.78 is 71.2. The summed E-state index contributed by atoms with van der Waals surface area (Å²) in [6.07, 6.45) is -6.34. The average Bonchev–Trinajstić information content (AvgIpc) is 3.06. The quantitative estimate of drug-likeness (QED) is 0.434. The van der Waals surface area contributed by atoms with Gasteiger partial charge in [0.15, 0.2) is 11.4 Å². The number of aliphatic hydroxyl groups is 1. The summed E-state index contributed by atoms with van der Waals surface area (Å²) in [5, 5.41) is 16.8. The van der Waals surface area contributed by atoms with Crippen LogP contribution in [-0.4, -0.2) is 48.7 Å². The number of halogens is 4. The number of hydrogen-bond acceptors (Lipinski definition) is 6. The van der Waals surface area contributed by atoms with Crippen molar-refractivity contribution in [2.24, 2.45) is 0 Å². The molecule has 0 radical (unpaired) electrons. The fourth-order valence-corrected chi connectivity index (χ4v) is 5.38. The molecule has 0 aliphatic heterocycles. The Morgan fingerprint density at radius 3 is 2.53 bits per heavy atom. The zero-order valence-corrected chi connectivity index (χ0v) is 18.1. The highest BCUT2D eigenvalue weighted by molar-refractivity contribution is 7.89. The number of ether oxygens (including phenoxy) is 1. The monoisotopic (exact) mass is 490 g/mol. The van der Waals surface area contributed by atoms with Gasteiger partial charge in [-0.15, -0.1) is 0 Å². The zero-order chi connectivity index (χ0) is 23.5. The van der Waals surface area contributed by atoms with Crippen LogP contribution in [0.4, 0.5) is 19.0 Å². The summed E-state index contributed by atoms with van der Waals surface area (Å²) >= 11 is 6.36. The summed E-state index contributed by atoms with van der Waals surface area (Å²) in [5.74, 6) is 0.614. The molecule has 32 heavy (non-hydrogen) atoms. The van der Waals surface area contributed by atoms with Gasteiger partial charge in [0.2, 0.25) is 10.0 Å². The highest BCUT2D eigenvalue weighted by Crippen LogP contribution is 2.46. The van der Waals surface area contributed by atoms with E-state index in [-0.39, 0.29) is 15.7 Å². The topological polar surface area (TPSA) is 130 Å². The van der Waals surface area contributed by atoms with Crippen molar-refractivity contribution < 1.29 is 31.4 Å². The second-order valence-electron chi connectivity index (χ2n) is 7.58. The molecule has 0 atom stereocenters. The number of fused-ring (bicyclic) bond motifs is 1. The summed E-state index contributed by atoms with van der Waals surface area (Å²) in [6.45, 7) is 0. The number of aromatic amines is 1. The standard InChI is InChI=1S/C19H18ClF3N4O4S/c1-31-16-12(4-5-14-15(16)17(24)26-25-14)11-3-2-10(6-13(11)20)32(29,30)27-9-7-18(28,8-9)19(21,22)23/h2-6,9,27-28H,7-8H2,1H3,(H3,24,25,26). The molecule has 1 aliphatic rings. The van der Waals surface area contributed by atoms with Crippen LogP contribution in [0.15, 0.2) is 35.2 Å². The molecule has 8 nitrogen and oxygen atoms in total. The fourth-order valence-electron chi connectivity index (χ4n) is 3.77. The molecule has 0 bridgehead atoms. The molecule has 4 rings (SSSR count). The first-order valence-corrected chi connectivity index (χ1v) is 11.1. The minimum absolute atomic E-state index is 0.0768. The Kier molecular flexibility index (Phi) is 5.31. The van der Waals surface area contributed by atoms with Gasteiger partial charge in [0.25, 0.3) is 0 Å². The summed E-state index contributed by atoms with van der Waals surface area (Å²) in [4.78, 5) is -0.225. The van der Waals surface area contributed by atoms with E-state index in [9.17, 15) is 26.7 Å². The Morgan fingerprint density at radius 1 is 1.28 bits per heavy atom. The lowest BCUT2D eigenvalue weighted by atomic mass is 9.76. The number of anilines is 1. The number of H-pyrrole nitrogens is 1. The summed E-state index contributed by atoms with van der Waals surface area (Å²) in [6, 6.07) is 6.31. The van der Waals surface area contributed by atoms with Crippen molar-refractivity contribution in [1.29, 1.82) is 0 Å². The van der Waals surface area contributed by atoms with E-state index in [0.717, 1.165) is 0 Å². The second kappa shape index (κ2) is 7.51. The van der Waals surface area contributed by atoms with Gasteiger partial charge in [-0.1, -0.05) is 17.7 Å². The zero-order valence-electron chi connectivity index (χ0n) is 16.5. The molecule has 0 unspecified atom stereocenters. The number of rotatable bonds is 5. The van der Waals surface area contributed by atoms with Crippen LogP contribution in [-0.2, 0) is 10.0 Å². The molecule has 0 spiro atoms. The minimum atomic E-state index is -4.82. The van der Waals surface area contributed by atoms with Crippen LogP contribution in [0.5, 0.6) is 5.75 Å². The van der Waals surface area contributed by atoms with Gasteiger partial charge in [-0.2, -0.15) is 18.3 Å². The van der Waals surface area contributed by atoms with E-state index < -0.39 is 40.7 Å². The van der Waals surface area contributed by atoms with Gasteiger partial charge in [-0.3, -0.25) is 5.10 Å². The van der Waals surface area contributed by atoms with Gasteiger partial charge in [0.05, 0.1) is 22.9 Å². The van der Waals surface area contributed by atoms with Crippen molar-refractivity contribution in [3.63, 3.8) is 0 Å². The van der Waals surface area contributed by atoms with Gasteiger partial charge in [-0.25, -0.2) is 13.1 Å². The van der Waals surface area contributed by atoms with Crippen molar-refractivity contribution in [2.45, 2.75) is 35.6 Å². The third-order valence-electron chi connectivity index (χ3n) is 5.47. The van der Waals surface area contributed by atoms with Gasteiger partial charge in [-0.05, 0) is 24.3 Å². The lowest BCUT2D eigenvalue weighted by Crippen LogP contribution is -2.62. The Morgan fingerprint density at radius 2 is 1.94 bits per heavy atom. The third-order valence-corrected chi connectivity index (χ3v) is 7.30. The molecule has 3 aromatic rings. The van der Waals surface area contributed by atoms with Gasteiger partial charge >= 0.3 is 6.18 Å². The van der Waals surface area contributed by atoms with Crippen LogP contribution in [0.3, 0.4) is 0 Å². The minimum Gasteiger partial charge on any atom is -0.495 e. The number of methoxy groups -OCH3 is 1. The summed E-state index contributed by atoms with van der Waals surface area (Å²) in [7, 11) is -2.72. The number of nitrogen functional groups attached to an aromatic ring is 1. The molecule has 13 heteroatoms. The lowest BCUT2D eigenvalue weighted by Gasteiger charge is -2.44. The number of hydrogen-bond donors (Lipinski definition) is 4. The number of nitrogens with one attached hydrogen (secondary N) is 2. The molecular formula is C19H18ClF3N4O4S. The van der Waals surface area contributed by atoms with E-state index in [1.165, 1.54) is 25.3 Å². The molecule has 1 saturated carbocycles. The first kappa shape index (κ1) is 22.6. The SMILES string of the molecule is COc1c(-c2ccc(S(=O)(=O)NC3CC(O)(C(F)(F)F)C3)cc2Cl)ccc2[nH]nc(N)c12. The van der Waals surface area contributed by atoms with Gasteiger partial charge in [0.1, 0.15) is 5.75 Å². The van der Waals surface area contributed by atoms with E-state index in [1.54, 1.807) is 12.1 Å². The Hall–Kier alpha value is -2.54. The van der Waals surface area contributed by atoms with E-state index in [1.807, 2.05) is 0 Å². The van der Waals surface area contributed by atoms with Crippen molar-refractivity contribution in [3.8, 4) is 16.9 Å². The molecule has 1 aromatic heterocycles. The summed E-state index contributed by atoms with van der Waals surface area (Å²) in [5.41, 5.74) is 4.66. The van der Waals surface area contributed by atoms with Gasteiger partial charge in [0, 0.05) is 35.0 Å². The number of benzene rings is 2. The van der Waals surface area contributed by atoms with Crippen LogP contribution in [0.1, 0.15) is 12.8 Å². The smallest absolute Gasteiger partial charge is 0.417 e. The lowest BCUT2D eigenvalue weighted by molar-refractivity contribution is -0.290. The molecule has 2 aromatic carbocycles. The van der Waals surface area contributed by atoms with Crippen LogP contribution in [0.25, 0.3) is 22.0 Å². The number of sulfonamides is 1. The number of nitrogens with two attached hydrogens (primary N) is 1. The highest BCUT2D eigenvalue weighted by Gasteiger charge is 2.61. The predicted octanol–water partition coefficient (Wildman–Crippen LogP) is 3.21. The molecule has 5 N–H and O–H groups in total. The van der Waals surface area contributed by atoms with Crippen LogP contribution < -0.4 is 15.2 Å².